The summed E-state index contributed by atoms with van der Waals surface area (Å²) in [7, 11) is 1.74. The van der Waals surface area contributed by atoms with E-state index in [4.69, 9.17) is 5.73 Å². The summed E-state index contributed by atoms with van der Waals surface area (Å²) >= 11 is 1.22. The van der Waals surface area contributed by atoms with Crippen LogP contribution in [0.15, 0.2) is 42.0 Å². The van der Waals surface area contributed by atoms with Crippen LogP contribution >= 0.6 is 11.3 Å². The Morgan fingerprint density at radius 2 is 2.11 bits per heavy atom. The topological polar surface area (TPSA) is 85.8 Å². The van der Waals surface area contributed by atoms with E-state index in [0.29, 0.717) is 10.7 Å². The average molecular weight is 409 g/mol. The highest BCUT2D eigenvalue weighted by molar-refractivity contribution is 7.12. The monoisotopic (exact) mass is 409 g/mol. The molecule has 0 saturated carbocycles. The zero-order chi connectivity index (χ0) is 20.3. The zero-order valence-corrected chi connectivity index (χ0v) is 15.7. The second-order valence-corrected chi connectivity index (χ2v) is 7.08. The molecule has 0 radical (unpaired) electrons. The number of hydrogen-bond acceptors (Lipinski definition) is 5. The second-order valence-electron chi connectivity index (χ2n) is 6.17. The number of nitrogens with one attached hydrogen (secondary N) is 1. The van der Waals surface area contributed by atoms with Gasteiger partial charge < -0.3 is 11.1 Å². The molecule has 0 aliphatic carbocycles. The molecule has 0 unspecified atom stereocenters. The molecule has 1 aromatic carbocycles. The highest BCUT2D eigenvalue weighted by Crippen LogP contribution is 2.32. The molecule has 3 rings (SSSR count). The number of rotatable bonds is 6. The van der Waals surface area contributed by atoms with Crippen molar-refractivity contribution in [1.82, 2.24) is 20.1 Å². The fourth-order valence-corrected chi connectivity index (χ4v) is 3.61. The van der Waals surface area contributed by atoms with Gasteiger partial charge in [0.05, 0.1) is 10.4 Å². The Morgan fingerprint density at radius 1 is 1.36 bits per heavy atom. The minimum absolute atomic E-state index is 0.0133. The molecule has 0 aliphatic heterocycles. The van der Waals surface area contributed by atoms with Crippen molar-refractivity contribution in [3.8, 4) is 11.4 Å². The number of aryl methyl sites for hydroxylation is 1. The first kappa shape index (κ1) is 20.0. The lowest BCUT2D eigenvalue weighted by atomic mass is 9.99. The molecule has 0 aliphatic rings. The van der Waals surface area contributed by atoms with E-state index < -0.39 is 23.7 Å². The molecule has 1 atom stereocenters. The molecule has 0 saturated heterocycles. The Kier molecular flexibility index (Phi) is 5.80. The SMILES string of the molecule is Cn1ncnc1-c1csc(C(=O)N[C@H](CN)Cc2ccccc2C(F)(F)F)c1. The van der Waals surface area contributed by atoms with Crippen LogP contribution in [0, 0.1) is 0 Å². The molecule has 1 amide bonds. The van der Waals surface area contributed by atoms with Crippen LogP contribution in [0.5, 0.6) is 0 Å². The van der Waals surface area contributed by atoms with Crippen LogP contribution in [0.3, 0.4) is 0 Å². The number of alkyl halides is 3. The number of amides is 1. The second kappa shape index (κ2) is 8.11. The minimum Gasteiger partial charge on any atom is -0.347 e. The number of benzene rings is 1. The first-order valence-corrected chi connectivity index (χ1v) is 9.26. The molecule has 6 nitrogen and oxygen atoms in total. The van der Waals surface area contributed by atoms with Gasteiger partial charge in [-0.15, -0.1) is 11.3 Å². The molecule has 2 heterocycles. The van der Waals surface area contributed by atoms with E-state index in [-0.39, 0.29) is 18.5 Å². The van der Waals surface area contributed by atoms with Gasteiger partial charge in [0, 0.05) is 30.6 Å². The summed E-state index contributed by atoms with van der Waals surface area (Å²) in [4.78, 5) is 17.1. The lowest BCUT2D eigenvalue weighted by Gasteiger charge is -2.19. The van der Waals surface area contributed by atoms with Crippen molar-refractivity contribution in [2.75, 3.05) is 6.54 Å². The van der Waals surface area contributed by atoms with Gasteiger partial charge in [-0.3, -0.25) is 4.79 Å². The van der Waals surface area contributed by atoms with Gasteiger partial charge in [0.1, 0.15) is 6.33 Å². The molecule has 0 bridgehead atoms. The van der Waals surface area contributed by atoms with E-state index >= 15 is 0 Å². The van der Waals surface area contributed by atoms with E-state index in [1.807, 2.05) is 0 Å². The average Bonchev–Trinajstić information content (AvgIpc) is 3.29. The van der Waals surface area contributed by atoms with Crippen molar-refractivity contribution in [2.24, 2.45) is 12.8 Å². The lowest BCUT2D eigenvalue weighted by molar-refractivity contribution is -0.138. The predicted octanol–water partition coefficient (Wildman–Crippen LogP) is 2.86. The van der Waals surface area contributed by atoms with Crippen LogP contribution in [0.4, 0.5) is 13.2 Å². The summed E-state index contributed by atoms with van der Waals surface area (Å²) in [6.07, 6.45) is -3.06. The Labute approximate surface area is 163 Å². The number of nitrogens with zero attached hydrogens (tertiary/aromatic N) is 3. The Bertz CT molecular complexity index is 966. The Morgan fingerprint density at radius 3 is 2.75 bits per heavy atom. The number of carbonyl (C=O) groups is 1. The number of carbonyl (C=O) groups excluding carboxylic acids is 1. The number of hydrogen-bond donors (Lipinski definition) is 2. The van der Waals surface area contributed by atoms with Gasteiger partial charge in [0.25, 0.3) is 5.91 Å². The van der Waals surface area contributed by atoms with E-state index in [0.717, 1.165) is 11.6 Å². The quantitative estimate of drug-likeness (QED) is 0.656. The van der Waals surface area contributed by atoms with Crippen molar-refractivity contribution in [2.45, 2.75) is 18.6 Å². The molecule has 0 fully saturated rings. The lowest BCUT2D eigenvalue weighted by Crippen LogP contribution is -2.41. The van der Waals surface area contributed by atoms with E-state index in [2.05, 4.69) is 15.4 Å². The molecule has 0 spiro atoms. The first-order chi connectivity index (χ1) is 13.3. The van der Waals surface area contributed by atoms with E-state index in [1.54, 1.807) is 23.2 Å². The molecule has 2 aromatic heterocycles. The summed E-state index contributed by atoms with van der Waals surface area (Å²) < 4.78 is 41.1. The standard InChI is InChI=1S/C18H18F3N5OS/c1-26-16(23-10-24-26)12-7-15(28-9-12)17(27)25-13(8-22)6-11-4-2-3-5-14(11)18(19,20)21/h2-5,7,9-10,13H,6,8,22H2,1H3,(H,25,27)/t13-/m0/s1. The normalized spacial score (nSPS) is 12.8. The predicted molar refractivity (Wildman–Crippen MR) is 99.8 cm³/mol. The third-order valence-corrected chi connectivity index (χ3v) is 5.13. The highest BCUT2D eigenvalue weighted by atomic mass is 32.1. The minimum atomic E-state index is -4.46. The molecular formula is C18H18F3N5OS. The summed E-state index contributed by atoms with van der Waals surface area (Å²) in [5.74, 6) is 0.225. The van der Waals surface area contributed by atoms with Gasteiger partial charge in [-0.2, -0.15) is 18.3 Å². The van der Waals surface area contributed by atoms with Gasteiger partial charge in [0.2, 0.25) is 0 Å². The summed E-state index contributed by atoms with van der Waals surface area (Å²) in [5, 5.41) is 8.48. The van der Waals surface area contributed by atoms with Crippen molar-refractivity contribution >= 4 is 17.2 Å². The largest absolute Gasteiger partial charge is 0.416 e. The van der Waals surface area contributed by atoms with Crippen LogP contribution in [0.25, 0.3) is 11.4 Å². The fourth-order valence-electron chi connectivity index (χ4n) is 2.82. The Hall–Kier alpha value is -2.72. The van der Waals surface area contributed by atoms with E-state index in [1.165, 1.54) is 35.9 Å². The smallest absolute Gasteiger partial charge is 0.347 e. The van der Waals surface area contributed by atoms with Crippen molar-refractivity contribution in [1.29, 1.82) is 0 Å². The third kappa shape index (κ3) is 4.39. The summed E-state index contributed by atoms with van der Waals surface area (Å²) in [5.41, 5.74) is 5.81. The molecule has 10 heteroatoms. The van der Waals surface area contributed by atoms with Crippen molar-refractivity contribution in [3.05, 3.63) is 58.0 Å². The zero-order valence-electron chi connectivity index (χ0n) is 14.9. The van der Waals surface area contributed by atoms with Crippen LogP contribution < -0.4 is 11.1 Å². The van der Waals surface area contributed by atoms with Crippen LogP contribution in [-0.2, 0) is 19.6 Å². The number of aromatic nitrogens is 3. The van der Waals surface area contributed by atoms with Gasteiger partial charge in [-0.1, -0.05) is 18.2 Å². The molecule has 28 heavy (non-hydrogen) atoms. The van der Waals surface area contributed by atoms with Gasteiger partial charge >= 0.3 is 6.18 Å². The number of nitrogens with two attached hydrogens (primary N) is 1. The van der Waals surface area contributed by atoms with Crippen molar-refractivity contribution < 1.29 is 18.0 Å². The molecular weight excluding hydrogens is 391 g/mol. The first-order valence-electron chi connectivity index (χ1n) is 8.38. The maximum absolute atomic E-state index is 13.2. The van der Waals surface area contributed by atoms with E-state index in [9.17, 15) is 18.0 Å². The summed E-state index contributed by atoms with van der Waals surface area (Å²) in [6, 6.07) is 6.33. The van der Waals surface area contributed by atoms with Crippen LogP contribution in [-0.4, -0.2) is 33.3 Å². The van der Waals surface area contributed by atoms with Crippen molar-refractivity contribution in [3.63, 3.8) is 0 Å². The number of thiophene rings is 1. The van der Waals surface area contributed by atoms with Crippen LogP contribution in [0.1, 0.15) is 20.8 Å². The van der Waals surface area contributed by atoms with Gasteiger partial charge in [0.15, 0.2) is 5.82 Å². The van der Waals surface area contributed by atoms with Crippen LogP contribution in [0.2, 0.25) is 0 Å². The number of halogens is 3. The highest BCUT2D eigenvalue weighted by Gasteiger charge is 2.33. The molecule has 3 N–H and O–H groups in total. The molecule has 148 valence electrons. The van der Waals surface area contributed by atoms with Gasteiger partial charge in [-0.25, -0.2) is 9.67 Å². The molecule has 3 aromatic rings. The fraction of sp³-hybridized carbons (Fsp3) is 0.278. The van der Waals surface area contributed by atoms with Gasteiger partial charge in [-0.05, 0) is 24.1 Å². The third-order valence-electron chi connectivity index (χ3n) is 4.20. The Balaban J connectivity index is 1.73. The maximum Gasteiger partial charge on any atom is 0.416 e. The maximum atomic E-state index is 13.2. The summed E-state index contributed by atoms with van der Waals surface area (Å²) in [6.45, 7) is 0.0133.